The highest BCUT2D eigenvalue weighted by Crippen LogP contribution is 2.24. The van der Waals surface area contributed by atoms with Crippen molar-refractivity contribution in [3.05, 3.63) is 95.4 Å². The third kappa shape index (κ3) is 5.68. The largest absolute Gasteiger partial charge is 0.341 e. The number of hydrogen-bond acceptors (Lipinski definition) is 3. The fraction of sp³-hybridized carbons (Fsp3) is 0.286. The number of aromatic nitrogens is 2. The van der Waals surface area contributed by atoms with Gasteiger partial charge in [-0.15, -0.1) is 0 Å². The molecule has 0 spiro atoms. The lowest BCUT2D eigenvalue weighted by atomic mass is 9.98. The maximum Gasteiger partial charge on any atom is 0.253 e. The molecule has 33 heavy (non-hydrogen) atoms. The minimum atomic E-state index is 0.0590. The number of amides is 1. The molecule has 2 heterocycles. The Hall–Kier alpha value is -3.44. The molecule has 0 bridgehead atoms. The van der Waals surface area contributed by atoms with E-state index in [1.807, 2.05) is 40.9 Å². The van der Waals surface area contributed by atoms with Crippen molar-refractivity contribution in [1.29, 1.82) is 0 Å². The number of carbonyl (C=O) groups is 1. The minimum Gasteiger partial charge on any atom is -0.341 e. The zero-order chi connectivity index (χ0) is 23.4. The van der Waals surface area contributed by atoms with Gasteiger partial charge < -0.3 is 14.6 Å². The Morgan fingerprint density at radius 1 is 0.970 bits per heavy atom. The Morgan fingerprint density at radius 2 is 1.73 bits per heavy atom. The van der Waals surface area contributed by atoms with Gasteiger partial charge in [0, 0.05) is 50.8 Å². The molecule has 4 aromatic rings. The molecular formula is C28H32N4O. The highest BCUT2D eigenvalue weighted by atomic mass is 16.2. The predicted octanol–water partition coefficient (Wildman–Crippen LogP) is 5.33. The number of imidazole rings is 1. The van der Waals surface area contributed by atoms with Crippen LogP contribution in [-0.4, -0.2) is 33.8 Å². The van der Waals surface area contributed by atoms with Crippen LogP contribution in [0, 0.1) is 12.8 Å². The lowest BCUT2D eigenvalue weighted by Crippen LogP contribution is -2.30. The van der Waals surface area contributed by atoms with Gasteiger partial charge >= 0.3 is 0 Å². The quantitative estimate of drug-likeness (QED) is 0.403. The van der Waals surface area contributed by atoms with Crippen LogP contribution in [0.25, 0.3) is 16.8 Å². The van der Waals surface area contributed by atoms with E-state index in [4.69, 9.17) is 0 Å². The molecule has 170 valence electrons. The second-order valence-electron chi connectivity index (χ2n) is 9.20. The van der Waals surface area contributed by atoms with Gasteiger partial charge in [-0.2, -0.15) is 0 Å². The number of aryl methyl sites for hydroxylation is 1. The fourth-order valence-electron chi connectivity index (χ4n) is 4.09. The first-order valence-corrected chi connectivity index (χ1v) is 11.5. The van der Waals surface area contributed by atoms with E-state index >= 15 is 0 Å². The Balaban J connectivity index is 1.56. The molecule has 1 amide bonds. The van der Waals surface area contributed by atoms with Crippen LogP contribution in [0.1, 0.15) is 40.9 Å². The number of carbonyl (C=O) groups excluding carboxylic acids is 1. The van der Waals surface area contributed by atoms with Gasteiger partial charge in [0.1, 0.15) is 5.65 Å². The van der Waals surface area contributed by atoms with Crippen LogP contribution in [0.3, 0.4) is 0 Å². The van der Waals surface area contributed by atoms with Crippen molar-refractivity contribution in [1.82, 2.24) is 19.6 Å². The average Bonchev–Trinajstić information content (AvgIpc) is 3.26. The van der Waals surface area contributed by atoms with E-state index in [9.17, 15) is 4.79 Å². The normalized spacial score (nSPS) is 11.3. The van der Waals surface area contributed by atoms with Crippen LogP contribution in [-0.2, 0) is 13.1 Å². The molecule has 2 aromatic carbocycles. The molecule has 4 rings (SSSR count). The Bertz CT molecular complexity index is 1240. The van der Waals surface area contributed by atoms with Crippen LogP contribution in [0.2, 0.25) is 0 Å². The van der Waals surface area contributed by atoms with Crippen LogP contribution < -0.4 is 5.32 Å². The van der Waals surface area contributed by atoms with E-state index < -0.39 is 0 Å². The maximum absolute atomic E-state index is 13.2. The van der Waals surface area contributed by atoms with Gasteiger partial charge in [-0.25, -0.2) is 4.98 Å². The van der Waals surface area contributed by atoms with E-state index in [1.54, 1.807) is 6.20 Å². The topological polar surface area (TPSA) is 49.6 Å². The molecule has 5 heteroatoms. The highest BCUT2D eigenvalue weighted by molar-refractivity contribution is 5.95. The van der Waals surface area contributed by atoms with Crippen molar-refractivity contribution >= 4 is 11.6 Å². The lowest BCUT2D eigenvalue weighted by molar-refractivity contribution is 0.0779. The van der Waals surface area contributed by atoms with Gasteiger partial charge in [-0.05, 0) is 65.4 Å². The first-order chi connectivity index (χ1) is 15.9. The standard InChI is InChI=1S/C28H32N4O/c1-20(2)19-31(4)28(33)26-14-23(13-25(16-26)24-7-5-21(3)6-8-24)18-29-17-22-9-11-32-12-10-30-27(32)15-22/h5-16,20,29H,17-19H2,1-4H3. The molecule has 0 saturated carbocycles. The van der Waals surface area contributed by atoms with Gasteiger partial charge in [0.25, 0.3) is 5.91 Å². The third-order valence-corrected chi connectivity index (χ3v) is 5.73. The summed E-state index contributed by atoms with van der Waals surface area (Å²) in [7, 11) is 1.88. The zero-order valence-corrected chi connectivity index (χ0v) is 19.9. The summed E-state index contributed by atoms with van der Waals surface area (Å²) in [6.45, 7) is 8.48. The summed E-state index contributed by atoms with van der Waals surface area (Å²) >= 11 is 0. The van der Waals surface area contributed by atoms with Gasteiger partial charge in [0.15, 0.2) is 0 Å². The molecule has 1 N–H and O–H groups in total. The summed E-state index contributed by atoms with van der Waals surface area (Å²) in [5.41, 5.74) is 7.34. The Morgan fingerprint density at radius 3 is 2.48 bits per heavy atom. The number of rotatable bonds is 8. The molecule has 2 aromatic heterocycles. The first-order valence-electron chi connectivity index (χ1n) is 11.5. The van der Waals surface area contributed by atoms with Gasteiger partial charge in [0.05, 0.1) is 0 Å². The molecular weight excluding hydrogens is 408 g/mol. The first kappa shape index (κ1) is 22.7. The van der Waals surface area contributed by atoms with E-state index in [1.165, 1.54) is 11.1 Å². The van der Waals surface area contributed by atoms with E-state index in [2.05, 4.69) is 73.5 Å². The summed E-state index contributed by atoms with van der Waals surface area (Å²) in [5.74, 6) is 0.483. The smallest absolute Gasteiger partial charge is 0.253 e. The SMILES string of the molecule is Cc1ccc(-c2cc(CNCc3ccn4ccnc4c3)cc(C(=O)N(C)CC(C)C)c2)cc1. The Kier molecular flexibility index (Phi) is 6.90. The van der Waals surface area contributed by atoms with Gasteiger partial charge in [0.2, 0.25) is 0 Å². The fourth-order valence-corrected chi connectivity index (χ4v) is 4.09. The average molecular weight is 441 g/mol. The highest BCUT2D eigenvalue weighted by Gasteiger charge is 2.15. The van der Waals surface area contributed by atoms with Crippen molar-refractivity contribution in [2.75, 3.05) is 13.6 Å². The summed E-state index contributed by atoms with van der Waals surface area (Å²) in [6.07, 6.45) is 5.77. The van der Waals surface area contributed by atoms with Crippen LogP contribution in [0.4, 0.5) is 0 Å². The molecule has 5 nitrogen and oxygen atoms in total. The summed E-state index contributed by atoms with van der Waals surface area (Å²) < 4.78 is 2.00. The van der Waals surface area contributed by atoms with Crippen LogP contribution in [0.15, 0.2) is 73.2 Å². The van der Waals surface area contributed by atoms with E-state index in [0.717, 1.165) is 41.0 Å². The second-order valence-corrected chi connectivity index (χ2v) is 9.20. The van der Waals surface area contributed by atoms with Gasteiger partial charge in [-0.1, -0.05) is 43.7 Å². The molecule has 0 fully saturated rings. The summed E-state index contributed by atoms with van der Waals surface area (Å²) in [6, 6.07) is 18.8. The van der Waals surface area contributed by atoms with Crippen LogP contribution in [0.5, 0.6) is 0 Å². The minimum absolute atomic E-state index is 0.0590. The molecule has 0 aliphatic heterocycles. The molecule has 0 aliphatic carbocycles. The summed E-state index contributed by atoms with van der Waals surface area (Å²) in [5, 5.41) is 3.53. The number of nitrogens with zero attached hydrogens (tertiary/aromatic N) is 3. The number of nitrogens with one attached hydrogen (secondary N) is 1. The molecule has 0 atom stereocenters. The Labute approximate surface area is 196 Å². The molecule has 0 aliphatic rings. The number of benzene rings is 2. The second kappa shape index (κ2) is 10.0. The maximum atomic E-state index is 13.2. The third-order valence-electron chi connectivity index (χ3n) is 5.73. The zero-order valence-electron chi connectivity index (χ0n) is 19.9. The summed E-state index contributed by atoms with van der Waals surface area (Å²) in [4.78, 5) is 19.3. The van der Waals surface area contributed by atoms with Crippen molar-refractivity contribution < 1.29 is 4.79 Å². The van der Waals surface area contributed by atoms with Crippen molar-refractivity contribution in [2.24, 2.45) is 5.92 Å². The van der Waals surface area contributed by atoms with Gasteiger partial charge in [-0.3, -0.25) is 4.79 Å². The number of fused-ring (bicyclic) bond motifs is 1. The number of pyridine rings is 1. The monoisotopic (exact) mass is 440 g/mol. The molecule has 0 saturated heterocycles. The van der Waals surface area contributed by atoms with Crippen molar-refractivity contribution in [3.63, 3.8) is 0 Å². The van der Waals surface area contributed by atoms with Crippen molar-refractivity contribution in [2.45, 2.75) is 33.9 Å². The lowest BCUT2D eigenvalue weighted by Gasteiger charge is -2.20. The molecule has 0 radical (unpaired) electrons. The van der Waals surface area contributed by atoms with E-state index in [-0.39, 0.29) is 5.91 Å². The molecule has 0 unspecified atom stereocenters. The van der Waals surface area contributed by atoms with Crippen LogP contribution >= 0.6 is 0 Å². The van der Waals surface area contributed by atoms with Crippen molar-refractivity contribution in [3.8, 4) is 11.1 Å². The van der Waals surface area contributed by atoms with E-state index in [0.29, 0.717) is 12.5 Å². The predicted molar refractivity (Wildman–Crippen MR) is 134 cm³/mol. The number of hydrogen-bond donors (Lipinski definition) is 1.